The number of benzene rings is 2. The Kier molecular flexibility index (Phi) is 5.01. The van der Waals surface area contributed by atoms with E-state index in [2.05, 4.69) is 22.9 Å². The van der Waals surface area contributed by atoms with Gasteiger partial charge < -0.3 is 19.7 Å². The summed E-state index contributed by atoms with van der Waals surface area (Å²) in [6, 6.07) is 13.9. The number of aromatic nitrogens is 2. The average Bonchev–Trinajstić information content (AvgIpc) is 2.98. The molecule has 1 heterocycles. The van der Waals surface area contributed by atoms with Crippen molar-refractivity contribution in [3.8, 4) is 5.75 Å². The summed E-state index contributed by atoms with van der Waals surface area (Å²) in [5.41, 5.74) is 3.90. The third-order valence-corrected chi connectivity index (χ3v) is 4.08. The Bertz CT molecular complexity index is 827. The molecular weight excluding hydrogens is 302 g/mol. The van der Waals surface area contributed by atoms with Crippen LogP contribution in [0, 0.1) is 0 Å². The Morgan fingerprint density at radius 2 is 2.04 bits per heavy atom. The van der Waals surface area contributed by atoms with Crippen molar-refractivity contribution < 1.29 is 9.84 Å². The molecule has 0 saturated heterocycles. The molecule has 5 heteroatoms. The number of aliphatic hydroxyl groups excluding tert-OH is 1. The zero-order chi connectivity index (χ0) is 16.9. The van der Waals surface area contributed by atoms with Crippen LogP contribution in [0.5, 0.6) is 5.75 Å². The van der Waals surface area contributed by atoms with Gasteiger partial charge in [-0.05, 0) is 36.8 Å². The van der Waals surface area contributed by atoms with Crippen LogP contribution in [-0.2, 0) is 19.7 Å². The highest BCUT2D eigenvalue weighted by Gasteiger charge is 2.10. The molecule has 0 spiro atoms. The van der Waals surface area contributed by atoms with Crippen molar-refractivity contribution in [1.82, 2.24) is 9.55 Å². The molecule has 126 valence electrons. The molecule has 0 radical (unpaired) electrons. The number of aryl methyl sites for hydroxylation is 1. The molecule has 5 nitrogen and oxygen atoms in total. The molecule has 0 aliphatic rings. The van der Waals surface area contributed by atoms with E-state index in [1.807, 2.05) is 36.4 Å². The molecule has 0 saturated carbocycles. The van der Waals surface area contributed by atoms with Gasteiger partial charge in [-0.3, -0.25) is 0 Å². The molecular formula is C19H23N3O2. The molecule has 0 unspecified atom stereocenters. The predicted octanol–water partition coefficient (Wildman–Crippen LogP) is 3.56. The van der Waals surface area contributed by atoms with Gasteiger partial charge in [-0.25, -0.2) is 4.98 Å². The Hall–Kier alpha value is -2.53. The number of para-hydroxylation sites is 2. The summed E-state index contributed by atoms with van der Waals surface area (Å²) in [5.74, 6) is 1.71. The second-order valence-corrected chi connectivity index (χ2v) is 5.71. The monoisotopic (exact) mass is 325 g/mol. The number of aliphatic hydroxyl groups is 1. The van der Waals surface area contributed by atoms with Gasteiger partial charge in [-0.15, -0.1) is 0 Å². The fraction of sp³-hybridized carbons (Fsp3) is 0.316. The molecule has 2 N–H and O–H groups in total. The van der Waals surface area contributed by atoms with Crippen LogP contribution in [0.4, 0.5) is 5.69 Å². The minimum absolute atomic E-state index is 0.0486. The zero-order valence-electron chi connectivity index (χ0n) is 14.1. The van der Waals surface area contributed by atoms with Crippen LogP contribution in [0.25, 0.3) is 11.0 Å². The first kappa shape index (κ1) is 16.3. The molecule has 24 heavy (non-hydrogen) atoms. The number of fused-ring (bicyclic) bond motifs is 1. The maximum Gasteiger partial charge on any atom is 0.129 e. The van der Waals surface area contributed by atoms with Gasteiger partial charge in [-0.1, -0.05) is 19.1 Å². The molecule has 1 aromatic heterocycles. The first-order valence-electron chi connectivity index (χ1n) is 8.22. The van der Waals surface area contributed by atoms with Gasteiger partial charge in [-0.2, -0.15) is 0 Å². The number of imidazole rings is 1. The molecule has 0 aliphatic carbocycles. The number of nitrogens with one attached hydrogen (secondary N) is 1. The van der Waals surface area contributed by atoms with E-state index in [9.17, 15) is 5.11 Å². The van der Waals surface area contributed by atoms with E-state index in [4.69, 9.17) is 9.72 Å². The van der Waals surface area contributed by atoms with E-state index < -0.39 is 0 Å². The summed E-state index contributed by atoms with van der Waals surface area (Å²) < 4.78 is 7.50. The van der Waals surface area contributed by atoms with E-state index in [0.717, 1.165) is 35.6 Å². The molecule has 0 atom stereocenters. The van der Waals surface area contributed by atoms with Crippen molar-refractivity contribution in [2.24, 2.45) is 0 Å². The molecule has 0 aliphatic heterocycles. The van der Waals surface area contributed by atoms with E-state index >= 15 is 0 Å². The second kappa shape index (κ2) is 7.36. The summed E-state index contributed by atoms with van der Waals surface area (Å²) in [5, 5.41) is 12.8. The maximum absolute atomic E-state index is 9.44. The van der Waals surface area contributed by atoms with Gasteiger partial charge in [0.05, 0.1) is 31.3 Å². The summed E-state index contributed by atoms with van der Waals surface area (Å²) in [7, 11) is 1.61. The summed E-state index contributed by atoms with van der Waals surface area (Å²) in [6.45, 7) is 3.70. The van der Waals surface area contributed by atoms with Crippen molar-refractivity contribution in [3.05, 3.63) is 53.9 Å². The predicted molar refractivity (Wildman–Crippen MR) is 96.3 cm³/mol. The standard InChI is InChI=1S/C19H23N3O2/c1-3-10-22-17-7-5-4-6-16(17)21-19(22)12-20-15-8-9-18(24-2)14(11-15)13-23/h4-9,11,20,23H,3,10,12-13H2,1-2H3. The fourth-order valence-corrected chi connectivity index (χ4v) is 2.93. The van der Waals surface area contributed by atoms with E-state index in [-0.39, 0.29) is 6.61 Å². The van der Waals surface area contributed by atoms with Crippen LogP contribution in [0.2, 0.25) is 0 Å². The quantitative estimate of drug-likeness (QED) is 0.697. The Labute approximate surface area is 141 Å². The highest BCUT2D eigenvalue weighted by atomic mass is 16.5. The van der Waals surface area contributed by atoms with Gasteiger partial charge in [0.15, 0.2) is 0 Å². The number of hydrogen-bond donors (Lipinski definition) is 2. The van der Waals surface area contributed by atoms with Crippen molar-refractivity contribution in [1.29, 1.82) is 0 Å². The normalized spacial score (nSPS) is 11.0. The minimum Gasteiger partial charge on any atom is -0.496 e. The number of anilines is 1. The van der Waals surface area contributed by atoms with Crippen LogP contribution < -0.4 is 10.1 Å². The van der Waals surface area contributed by atoms with Crippen molar-refractivity contribution in [3.63, 3.8) is 0 Å². The number of nitrogens with zero attached hydrogens (tertiary/aromatic N) is 2. The van der Waals surface area contributed by atoms with Crippen molar-refractivity contribution in [2.75, 3.05) is 12.4 Å². The minimum atomic E-state index is -0.0486. The van der Waals surface area contributed by atoms with Gasteiger partial charge in [0, 0.05) is 17.8 Å². The van der Waals surface area contributed by atoms with Crippen molar-refractivity contribution in [2.45, 2.75) is 33.0 Å². The average molecular weight is 325 g/mol. The molecule has 0 fully saturated rings. The third kappa shape index (κ3) is 3.21. The molecule has 3 rings (SSSR count). The van der Waals surface area contributed by atoms with E-state index in [0.29, 0.717) is 12.3 Å². The summed E-state index contributed by atoms with van der Waals surface area (Å²) >= 11 is 0. The Morgan fingerprint density at radius 3 is 2.79 bits per heavy atom. The second-order valence-electron chi connectivity index (χ2n) is 5.71. The van der Waals surface area contributed by atoms with Gasteiger partial charge in [0.25, 0.3) is 0 Å². The summed E-state index contributed by atoms with van der Waals surface area (Å²) in [6.07, 6.45) is 1.06. The number of rotatable bonds is 7. The lowest BCUT2D eigenvalue weighted by atomic mass is 10.2. The van der Waals surface area contributed by atoms with Crippen molar-refractivity contribution >= 4 is 16.7 Å². The maximum atomic E-state index is 9.44. The van der Waals surface area contributed by atoms with Crippen LogP contribution in [0.3, 0.4) is 0 Å². The molecule has 2 aromatic carbocycles. The first-order chi connectivity index (χ1) is 11.8. The molecule has 3 aromatic rings. The zero-order valence-corrected chi connectivity index (χ0v) is 14.1. The van der Waals surface area contributed by atoms with Crippen LogP contribution in [-0.4, -0.2) is 21.8 Å². The highest BCUT2D eigenvalue weighted by Crippen LogP contribution is 2.23. The van der Waals surface area contributed by atoms with Crippen LogP contribution in [0.15, 0.2) is 42.5 Å². The largest absolute Gasteiger partial charge is 0.496 e. The lowest BCUT2D eigenvalue weighted by Crippen LogP contribution is -2.09. The molecule has 0 amide bonds. The lowest BCUT2D eigenvalue weighted by Gasteiger charge is -2.12. The fourth-order valence-electron chi connectivity index (χ4n) is 2.93. The first-order valence-corrected chi connectivity index (χ1v) is 8.22. The smallest absolute Gasteiger partial charge is 0.129 e. The Morgan fingerprint density at radius 1 is 1.21 bits per heavy atom. The number of methoxy groups -OCH3 is 1. The van der Waals surface area contributed by atoms with Crippen LogP contribution in [0.1, 0.15) is 24.7 Å². The topological polar surface area (TPSA) is 59.3 Å². The van der Waals surface area contributed by atoms with Gasteiger partial charge in [0.1, 0.15) is 11.6 Å². The van der Waals surface area contributed by atoms with E-state index in [1.54, 1.807) is 7.11 Å². The SMILES string of the molecule is CCCn1c(CNc2ccc(OC)c(CO)c2)nc2ccccc21. The molecule has 0 bridgehead atoms. The van der Waals surface area contributed by atoms with Gasteiger partial charge in [0.2, 0.25) is 0 Å². The number of hydrogen-bond acceptors (Lipinski definition) is 4. The highest BCUT2D eigenvalue weighted by molar-refractivity contribution is 5.76. The third-order valence-electron chi connectivity index (χ3n) is 4.08. The number of ether oxygens (including phenoxy) is 1. The lowest BCUT2D eigenvalue weighted by molar-refractivity contribution is 0.274. The van der Waals surface area contributed by atoms with E-state index in [1.165, 1.54) is 5.52 Å². The van der Waals surface area contributed by atoms with Crippen LogP contribution >= 0.6 is 0 Å². The summed E-state index contributed by atoms with van der Waals surface area (Å²) in [4.78, 5) is 4.75. The van der Waals surface area contributed by atoms with Gasteiger partial charge >= 0.3 is 0 Å². The Balaban J connectivity index is 1.84.